The Morgan fingerprint density at radius 2 is 1.10 bits per heavy atom. The van der Waals surface area contributed by atoms with Crippen LogP contribution in [-0.2, 0) is 9.53 Å². The van der Waals surface area contributed by atoms with Crippen LogP contribution in [-0.4, -0.2) is 96.9 Å². The maximum Gasteiger partial charge on any atom is 0.308 e. The molecular formula is C45H95N3O3. The molecule has 0 amide bonds. The highest BCUT2D eigenvalue weighted by molar-refractivity contribution is 5.71. The van der Waals surface area contributed by atoms with Gasteiger partial charge in [-0.1, -0.05) is 95.9 Å². The lowest BCUT2D eigenvalue weighted by Crippen LogP contribution is -2.35. The molecule has 0 aliphatic carbocycles. The summed E-state index contributed by atoms with van der Waals surface area (Å²) in [5.41, 5.74) is -0.346. The number of carbonyl (C=O) groups is 1. The van der Waals surface area contributed by atoms with Crippen molar-refractivity contribution < 1.29 is 14.6 Å². The first kappa shape index (κ1) is 52.4. The molecule has 0 aromatic heterocycles. The van der Waals surface area contributed by atoms with Gasteiger partial charge in [-0.15, -0.1) is 0 Å². The largest absolute Gasteiger partial charge is 0.460 e. The van der Waals surface area contributed by atoms with Crippen molar-refractivity contribution in [1.82, 2.24) is 14.7 Å². The fraction of sp³-hybridized carbons (Fsp3) is 0.978. The molecular weight excluding hydrogens is 631 g/mol. The van der Waals surface area contributed by atoms with E-state index >= 15 is 0 Å². The Morgan fingerprint density at radius 1 is 0.647 bits per heavy atom. The van der Waals surface area contributed by atoms with E-state index in [1.807, 2.05) is 34.6 Å². The highest BCUT2D eigenvalue weighted by Gasteiger charge is 2.20. The smallest absolute Gasteiger partial charge is 0.308 e. The van der Waals surface area contributed by atoms with Gasteiger partial charge >= 0.3 is 5.97 Å². The number of aliphatic hydroxyl groups is 1. The SMILES string of the molecule is CC(C)C.CC(C)C(=O)OC(C)(C)C.CC(C)CCN1CCC(CO)CC1.CC(C)CCN1CCCCC1.CCN1CCCC(CCC(C)C)C1. The van der Waals surface area contributed by atoms with Crippen LogP contribution in [0.25, 0.3) is 0 Å². The van der Waals surface area contributed by atoms with Gasteiger partial charge in [-0.25, -0.2) is 0 Å². The number of aliphatic hydroxyl groups excluding tert-OH is 1. The number of piperidine rings is 3. The fourth-order valence-corrected chi connectivity index (χ4v) is 6.12. The molecule has 51 heavy (non-hydrogen) atoms. The number of ether oxygens (including phenoxy) is 1. The summed E-state index contributed by atoms with van der Waals surface area (Å²) in [6.07, 6.45) is 15.2. The molecule has 3 aliphatic heterocycles. The van der Waals surface area contributed by atoms with Crippen molar-refractivity contribution in [3.8, 4) is 0 Å². The Kier molecular flexibility index (Phi) is 32.5. The highest BCUT2D eigenvalue weighted by Crippen LogP contribution is 2.22. The van der Waals surface area contributed by atoms with Crippen molar-refractivity contribution in [2.45, 2.75) is 180 Å². The average Bonchev–Trinajstić information content (AvgIpc) is 3.06. The molecule has 1 atom stereocenters. The molecule has 3 rings (SSSR count). The summed E-state index contributed by atoms with van der Waals surface area (Å²) in [4.78, 5) is 18.7. The lowest BCUT2D eigenvalue weighted by Gasteiger charge is -2.32. The van der Waals surface area contributed by atoms with Gasteiger partial charge in [0.2, 0.25) is 0 Å². The van der Waals surface area contributed by atoms with Crippen molar-refractivity contribution in [1.29, 1.82) is 0 Å². The maximum atomic E-state index is 10.9. The normalized spacial score (nSPS) is 19.4. The molecule has 3 heterocycles. The molecule has 0 saturated carbocycles. The summed E-state index contributed by atoms with van der Waals surface area (Å²) < 4.78 is 5.06. The zero-order valence-electron chi connectivity index (χ0n) is 37.5. The van der Waals surface area contributed by atoms with Crippen LogP contribution in [0, 0.1) is 41.4 Å². The van der Waals surface area contributed by atoms with Gasteiger partial charge < -0.3 is 24.5 Å². The van der Waals surface area contributed by atoms with E-state index in [9.17, 15) is 4.79 Å². The molecule has 6 nitrogen and oxygen atoms in total. The lowest BCUT2D eigenvalue weighted by atomic mass is 9.91. The van der Waals surface area contributed by atoms with Gasteiger partial charge in [0.1, 0.15) is 5.60 Å². The van der Waals surface area contributed by atoms with Gasteiger partial charge in [0.05, 0.1) is 5.92 Å². The number of nitrogens with zero attached hydrogens (tertiary/aromatic N) is 3. The molecule has 0 radical (unpaired) electrons. The minimum atomic E-state index is -0.346. The summed E-state index contributed by atoms with van der Waals surface area (Å²) in [5.74, 6) is 4.82. The van der Waals surface area contributed by atoms with Crippen LogP contribution >= 0.6 is 0 Å². The number of esters is 1. The molecule has 308 valence electrons. The Labute approximate surface area is 321 Å². The monoisotopic (exact) mass is 726 g/mol. The fourth-order valence-electron chi connectivity index (χ4n) is 6.12. The summed E-state index contributed by atoms with van der Waals surface area (Å²) in [6.45, 7) is 43.9. The molecule has 0 aromatic rings. The zero-order chi connectivity index (χ0) is 39.4. The quantitative estimate of drug-likeness (QED) is 0.202. The van der Waals surface area contributed by atoms with Crippen molar-refractivity contribution in [3.63, 3.8) is 0 Å². The van der Waals surface area contributed by atoms with E-state index in [2.05, 4.69) is 83.9 Å². The standard InChI is InChI=1S/C12H25N.C11H23NO.C10H21N.C8H16O2.C4H10/c1-4-13-9-5-6-12(10-13)8-7-11(2)3;1-10(2)3-6-12-7-4-11(9-13)5-8-12;1-10(2)6-9-11-7-4-3-5-8-11;1-6(2)7(9)10-8(3,4)5;1-4(2)3/h11-12H,4-10H2,1-3H3;10-11,13H,3-9H2,1-2H3;10H,3-9H2,1-2H3;6H,1-5H3;4H,1-3H3. The van der Waals surface area contributed by atoms with Crippen LogP contribution in [0.4, 0.5) is 0 Å². The highest BCUT2D eigenvalue weighted by atomic mass is 16.6. The second kappa shape index (κ2) is 31.6. The number of hydrogen-bond donors (Lipinski definition) is 1. The van der Waals surface area contributed by atoms with E-state index in [0.717, 1.165) is 29.6 Å². The Balaban J connectivity index is 0. The number of hydrogen-bond acceptors (Lipinski definition) is 6. The van der Waals surface area contributed by atoms with Crippen LogP contribution in [0.2, 0.25) is 0 Å². The van der Waals surface area contributed by atoms with Crippen molar-refractivity contribution in [2.24, 2.45) is 41.4 Å². The van der Waals surface area contributed by atoms with Gasteiger partial charge in [-0.05, 0) is 166 Å². The van der Waals surface area contributed by atoms with E-state index in [1.54, 1.807) is 0 Å². The second-order valence-corrected chi connectivity index (χ2v) is 19.0. The van der Waals surface area contributed by atoms with Gasteiger partial charge in [-0.3, -0.25) is 4.79 Å². The second-order valence-electron chi connectivity index (χ2n) is 19.0. The summed E-state index contributed by atoms with van der Waals surface area (Å²) >= 11 is 0. The Bertz CT molecular complexity index is 760. The van der Waals surface area contributed by atoms with Crippen molar-refractivity contribution >= 4 is 5.97 Å². The maximum absolute atomic E-state index is 10.9. The van der Waals surface area contributed by atoms with Gasteiger partial charge in [-0.2, -0.15) is 0 Å². The first-order chi connectivity index (χ1) is 23.8. The summed E-state index contributed by atoms with van der Waals surface area (Å²) in [6, 6.07) is 0. The third-order valence-electron chi connectivity index (χ3n) is 9.54. The van der Waals surface area contributed by atoms with Gasteiger partial charge in [0, 0.05) is 13.2 Å². The molecule has 0 spiro atoms. The Hall–Kier alpha value is -0.690. The van der Waals surface area contributed by atoms with E-state index < -0.39 is 0 Å². The first-order valence-corrected chi connectivity index (χ1v) is 21.8. The molecule has 6 heteroatoms. The molecule has 3 saturated heterocycles. The minimum absolute atomic E-state index is 0.0285. The minimum Gasteiger partial charge on any atom is -0.460 e. The number of rotatable bonds is 12. The zero-order valence-corrected chi connectivity index (χ0v) is 37.5. The van der Waals surface area contributed by atoms with Crippen LogP contribution in [0.1, 0.15) is 174 Å². The van der Waals surface area contributed by atoms with Crippen LogP contribution in [0.15, 0.2) is 0 Å². The molecule has 1 unspecified atom stereocenters. The van der Waals surface area contributed by atoms with Crippen molar-refractivity contribution in [2.75, 3.05) is 65.5 Å². The predicted octanol–water partition coefficient (Wildman–Crippen LogP) is 11.1. The molecule has 0 bridgehead atoms. The van der Waals surface area contributed by atoms with Crippen LogP contribution in [0.5, 0.6) is 0 Å². The lowest BCUT2D eigenvalue weighted by molar-refractivity contribution is -0.158. The number of carbonyl (C=O) groups excluding carboxylic acids is 1. The predicted molar refractivity (Wildman–Crippen MR) is 226 cm³/mol. The first-order valence-electron chi connectivity index (χ1n) is 21.8. The summed E-state index contributed by atoms with van der Waals surface area (Å²) in [7, 11) is 0. The topological polar surface area (TPSA) is 56.2 Å². The van der Waals surface area contributed by atoms with E-state index in [4.69, 9.17) is 9.84 Å². The van der Waals surface area contributed by atoms with Crippen LogP contribution < -0.4 is 0 Å². The third-order valence-corrected chi connectivity index (χ3v) is 9.54. The third kappa shape index (κ3) is 36.1. The Morgan fingerprint density at radius 3 is 1.47 bits per heavy atom. The van der Waals surface area contributed by atoms with E-state index in [-0.39, 0.29) is 17.5 Å². The molecule has 1 N–H and O–H groups in total. The number of likely N-dealkylation sites (tertiary alicyclic amines) is 3. The van der Waals surface area contributed by atoms with E-state index in [0.29, 0.717) is 12.5 Å². The summed E-state index contributed by atoms with van der Waals surface area (Å²) in [5, 5.41) is 8.98. The average molecular weight is 726 g/mol. The van der Waals surface area contributed by atoms with Crippen LogP contribution in [0.3, 0.4) is 0 Å². The molecule has 0 aromatic carbocycles. The van der Waals surface area contributed by atoms with Gasteiger partial charge in [0.15, 0.2) is 0 Å². The molecule has 3 aliphatic rings. The van der Waals surface area contributed by atoms with Gasteiger partial charge in [0.25, 0.3) is 0 Å². The van der Waals surface area contributed by atoms with E-state index in [1.165, 1.54) is 130 Å². The molecule has 3 fully saturated rings. The van der Waals surface area contributed by atoms with Crippen molar-refractivity contribution in [3.05, 3.63) is 0 Å².